The van der Waals surface area contributed by atoms with E-state index in [4.69, 9.17) is 4.74 Å². The maximum Gasteiger partial charge on any atom is 0.235 e. The third kappa shape index (κ3) is 4.68. The van der Waals surface area contributed by atoms with E-state index >= 15 is 0 Å². The number of thioether (sulfide) groups is 1. The Morgan fingerprint density at radius 1 is 1.24 bits per heavy atom. The summed E-state index contributed by atoms with van der Waals surface area (Å²) < 4.78 is 9.68. The number of anilines is 1. The Morgan fingerprint density at radius 3 is 2.88 bits per heavy atom. The quantitative estimate of drug-likeness (QED) is 0.538. The van der Waals surface area contributed by atoms with Crippen LogP contribution in [0.25, 0.3) is 5.69 Å². The average Bonchev–Trinajstić information content (AvgIpc) is 3.59. The van der Waals surface area contributed by atoms with Crippen LogP contribution in [0.2, 0.25) is 0 Å². The minimum absolute atomic E-state index is 0.131. The van der Waals surface area contributed by atoms with Crippen LogP contribution in [0.3, 0.4) is 0 Å². The van der Waals surface area contributed by atoms with Gasteiger partial charge in [-0.05, 0) is 56.2 Å². The Hall–Kier alpha value is -3.09. The van der Waals surface area contributed by atoms with Crippen molar-refractivity contribution in [2.75, 3.05) is 17.7 Å². The van der Waals surface area contributed by atoms with Crippen LogP contribution in [-0.2, 0) is 28.9 Å². The first-order valence-electron chi connectivity index (χ1n) is 11.4. The molecule has 1 fully saturated rings. The van der Waals surface area contributed by atoms with Crippen LogP contribution >= 0.6 is 11.8 Å². The Labute approximate surface area is 196 Å². The molecule has 0 bridgehead atoms. The number of aromatic nitrogens is 4. The Kier molecular flexibility index (Phi) is 6.46. The van der Waals surface area contributed by atoms with Crippen molar-refractivity contribution in [2.24, 2.45) is 0 Å². The second-order valence-electron chi connectivity index (χ2n) is 8.36. The lowest BCUT2D eigenvalue weighted by Gasteiger charge is -2.19. The van der Waals surface area contributed by atoms with Crippen LogP contribution in [0.4, 0.5) is 5.82 Å². The van der Waals surface area contributed by atoms with E-state index in [1.165, 1.54) is 17.5 Å². The van der Waals surface area contributed by atoms with Gasteiger partial charge in [-0.2, -0.15) is 5.26 Å². The van der Waals surface area contributed by atoms with Gasteiger partial charge in [0.2, 0.25) is 11.1 Å². The minimum atomic E-state index is -0.170. The maximum absolute atomic E-state index is 12.9. The lowest BCUT2D eigenvalue weighted by Crippen LogP contribution is -2.23. The van der Waals surface area contributed by atoms with Gasteiger partial charge >= 0.3 is 0 Å². The molecule has 0 spiro atoms. The highest BCUT2D eigenvalue weighted by Crippen LogP contribution is 2.34. The topological polar surface area (TPSA) is 97.8 Å². The van der Waals surface area contributed by atoms with Gasteiger partial charge in [0.25, 0.3) is 0 Å². The molecule has 1 atom stereocenters. The van der Waals surface area contributed by atoms with Crippen LogP contribution in [0.15, 0.2) is 41.8 Å². The second-order valence-corrected chi connectivity index (χ2v) is 9.30. The molecule has 2 aromatic heterocycles. The van der Waals surface area contributed by atoms with Crippen molar-refractivity contribution < 1.29 is 9.53 Å². The van der Waals surface area contributed by atoms with Crippen LogP contribution in [0.1, 0.15) is 42.5 Å². The Morgan fingerprint density at radius 2 is 2.09 bits per heavy atom. The summed E-state index contributed by atoms with van der Waals surface area (Å²) in [7, 11) is 0. The van der Waals surface area contributed by atoms with Crippen LogP contribution in [0.5, 0.6) is 0 Å². The monoisotopic (exact) mass is 462 g/mol. The Balaban J connectivity index is 1.31. The van der Waals surface area contributed by atoms with Gasteiger partial charge in [-0.25, -0.2) is 9.67 Å². The lowest BCUT2D eigenvalue weighted by molar-refractivity contribution is -0.113. The van der Waals surface area contributed by atoms with Crippen molar-refractivity contribution in [3.05, 3.63) is 53.5 Å². The van der Waals surface area contributed by atoms with Gasteiger partial charge in [-0.15, -0.1) is 5.10 Å². The maximum atomic E-state index is 12.9. The zero-order chi connectivity index (χ0) is 22.6. The molecule has 1 amide bonds. The van der Waals surface area contributed by atoms with Crippen LogP contribution in [0, 0.1) is 11.3 Å². The summed E-state index contributed by atoms with van der Waals surface area (Å²) in [6.07, 6.45) is 7.83. The number of carbonyl (C=O) groups is 1. The number of nitriles is 1. The number of nitrogens with zero attached hydrogens (tertiary/aromatic N) is 5. The molecule has 3 heterocycles. The number of para-hydroxylation sites is 1. The van der Waals surface area contributed by atoms with Gasteiger partial charge < -0.3 is 14.6 Å². The molecule has 1 aromatic carbocycles. The summed E-state index contributed by atoms with van der Waals surface area (Å²) in [6, 6.07) is 12.1. The van der Waals surface area contributed by atoms with Gasteiger partial charge in [0.15, 0.2) is 0 Å². The van der Waals surface area contributed by atoms with E-state index in [2.05, 4.69) is 26.0 Å². The van der Waals surface area contributed by atoms with E-state index in [-0.39, 0.29) is 17.8 Å². The Bertz CT molecular complexity index is 1170. The predicted octanol–water partition coefficient (Wildman–Crippen LogP) is 3.73. The highest BCUT2D eigenvalue weighted by atomic mass is 32.2. The van der Waals surface area contributed by atoms with Crippen molar-refractivity contribution in [3.63, 3.8) is 0 Å². The molecule has 8 nitrogen and oxygen atoms in total. The van der Waals surface area contributed by atoms with Gasteiger partial charge in [-0.3, -0.25) is 4.79 Å². The number of hydrogen-bond acceptors (Lipinski definition) is 6. The molecule has 0 radical (unpaired) electrons. The molecule has 3 aromatic rings. The second kappa shape index (κ2) is 9.81. The van der Waals surface area contributed by atoms with E-state index in [0.29, 0.717) is 23.1 Å². The fraction of sp³-hybridized carbons (Fsp3) is 0.417. The lowest BCUT2D eigenvalue weighted by atomic mass is 9.95. The number of fused-ring (bicyclic) bond motifs is 1. The SMILES string of the molecule is N#Cc1c2c(n(CC3CCCO3)c1NC(=O)CSc1ncn(-c3ccccc3)n1)CCCC2. The van der Waals surface area contributed by atoms with Crippen LogP contribution in [-0.4, -0.2) is 43.7 Å². The number of ether oxygens (including phenoxy) is 1. The molecule has 1 aliphatic heterocycles. The zero-order valence-electron chi connectivity index (χ0n) is 18.4. The molecule has 0 saturated carbocycles. The molecular weight excluding hydrogens is 436 g/mol. The highest BCUT2D eigenvalue weighted by Gasteiger charge is 2.28. The van der Waals surface area contributed by atoms with Gasteiger partial charge in [0.05, 0.1) is 29.7 Å². The molecule has 1 aliphatic carbocycles. The predicted molar refractivity (Wildman–Crippen MR) is 125 cm³/mol. The standard InChI is InChI=1S/C24H26N6O2S/c25-13-20-19-10-4-5-11-21(19)29(14-18-9-6-12-32-18)23(20)27-22(31)15-33-24-26-16-30(28-24)17-7-2-1-3-8-17/h1-3,7-8,16,18H,4-6,9-12,14-15H2,(H,27,31). The number of hydrogen-bond donors (Lipinski definition) is 1. The van der Waals surface area contributed by atoms with Crippen LogP contribution < -0.4 is 5.32 Å². The number of carbonyl (C=O) groups excluding carboxylic acids is 1. The molecule has 5 rings (SSSR count). The number of amides is 1. The molecular formula is C24H26N6O2S. The van der Waals surface area contributed by atoms with Gasteiger partial charge in [-0.1, -0.05) is 30.0 Å². The molecule has 170 valence electrons. The summed E-state index contributed by atoms with van der Waals surface area (Å²) in [6.45, 7) is 1.45. The van der Waals surface area contributed by atoms with Crippen molar-refractivity contribution in [3.8, 4) is 11.8 Å². The molecule has 33 heavy (non-hydrogen) atoms. The van der Waals surface area contributed by atoms with Gasteiger partial charge in [0.1, 0.15) is 18.2 Å². The summed E-state index contributed by atoms with van der Waals surface area (Å²) in [4.78, 5) is 17.2. The highest BCUT2D eigenvalue weighted by molar-refractivity contribution is 7.99. The summed E-state index contributed by atoms with van der Waals surface area (Å²) >= 11 is 1.28. The van der Waals surface area contributed by atoms with E-state index < -0.39 is 0 Å². The fourth-order valence-electron chi connectivity index (χ4n) is 4.63. The normalized spacial score (nSPS) is 17.5. The first kappa shape index (κ1) is 21.7. The largest absolute Gasteiger partial charge is 0.376 e. The number of benzene rings is 1. The van der Waals surface area contributed by atoms with E-state index in [9.17, 15) is 10.1 Å². The molecule has 1 N–H and O–H groups in total. The minimum Gasteiger partial charge on any atom is -0.376 e. The van der Waals surface area contributed by atoms with E-state index in [1.807, 2.05) is 30.3 Å². The molecule has 9 heteroatoms. The molecule has 1 saturated heterocycles. The summed E-state index contributed by atoms with van der Waals surface area (Å²) in [5, 5.41) is 17.9. The summed E-state index contributed by atoms with van der Waals surface area (Å²) in [5.41, 5.74) is 3.79. The average molecular weight is 463 g/mol. The first-order valence-corrected chi connectivity index (χ1v) is 12.4. The van der Waals surface area contributed by atoms with Crippen molar-refractivity contribution in [1.29, 1.82) is 5.26 Å². The fourth-order valence-corrected chi connectivity index (χ4v) is 5.23. The van der Waals surface area contributed by atoms with Crippen molar-refractivity contribution in [1.82, 2.24) is 19.3 Å². The third-order valence-electron chi connectivity index (χ3n) is 6.18. The molecule has 1 unspecified atom stereocenters. The summed E-state index contributed by atoms with van der Waals surface area (Å²) in [5.74, 6) is 0.615. The number of nitrogens with one attached hydrogen (secondary N) is 1. The van der Waals surface area contributed by atoms with E-state index in [0.717, 1.165) is 56.4 Å². The first-order chi connectivity index (χ1) is 16.2. The van der Waals surface area contributed by atoms with Crippen molar-refractivity contribution >= 4 is 23.5 Å². The molecule has 2 aliphatic rings. The van der Waals surface area contributed by atoms with Gasteiger partial charge in [0, 0.05) is 12.3 Å². The van der Waals surface area contributed by atoms with E-state index in [1.54, 1.807) is 11.0 Å². The number of rotatable bonds is 7. The smallest absolute Gasteiger partial charge is 0.235 e. The van der Waals surface area contributed by atoms with Crippen molar-refractivity contribution in [2.45, 2.75) is 56.3 Å². The zero-order valence-corrected chi connectivity index (χ0v) is 19.2. The third-order valence-corrected chi connectivity index (χ3v) is 7.03.